The van der Waals surface area contributed by atoms with Gasteiger partial charge in [0.05, 0.1) is 16.3 Å². The number of alkyl halides is 3. The zero-order chi connectivity index (χ0) is 13.8. The highest BCUT2D eigenvalue weighted by Gasteiger charge is 2.31. The van der Waals surface area contributed by atoms with Crippen molar-refractivity contribution in [2.24, 2.45) is 5.73 Å². The zero-order valence-corrected chi connectivity index (χ0v) is 10.1. The van der Waals surface area contributed by atoms with E-state index in [2.05, 4.69) is 5.32 Å². The highest BCUT2D eigenvalue weighted by Crippen LogP contribution is 2.33. The Kier molecular flexibility index (Phi) is 4.98. The van der Waals surface area contributed by atoms with E-state index in [4.69, 9.17) is 17.3 Å². The first-order chi connectivity index (χ1) is 8.34. The Balaban J connectivity index is 2.85. The number of rotatable bonds is 4. The molecule has 0 aliphatic heterocycles. The van der Waals surface area contributed by atoms with Crippen molar-refractivity contribution in [1.82, 2.24) is 0 Å². The lowest BCUT2D eigenvalue weighted by Gasteiger charge is -2.11. The Morgan fingerprint density at radius 1 is 1.39 bits per heavy atom. The summed E-state index contributed by atoms with van der Waals surface area (Å²) in [5.41, 5.74) is 4.32. The molecular formula is C11H12ClF3N2O. The van der Waals surface area contributed by atoms with Crippen LogP contribution in [0.2, 0.25) is 5.02 Å². The monoisotopic (exact) mass is 280 g/mol. The minimum atomic E-state index is -4.47. The average molecular weight is 281 g/mol. The van der Waals surface area contributed by atoms with Crippen molar-refractivity contribution in [2.75, 3.05) is 11.9 Å². The molecule has 3 N–H and O–H groups in total. The second-order valence-electron chi connectivity index (χ2n) is 3.63. The van der Waals surface area contributed by atoms with Crippen LogP contribution in [0.15, 0.2) is 18.2 Å². The maximum Gasteiger partial charge on any atom is 0.416 e. The molecule has 7 heteroatoms. The standard InChI is InChI=1S/C11H12ClF3N2O/c12-8-4-3-7(11(13,14)15)6-9(8)17-10(18)2-1-5-16/h3-4,6H,1-2,5,16H2,(H,17,18). The molecule has 1 aromatic carbocycles. The van der Waals surface area contributed by atoms with Gasteiger partial charge in [0, 0.05) is 6.42 Å². The van der Waals surface area contributed by atoms with Crippen LogP contribution < -0.4 is 11.1 Å². The minimum absolute atomic E-state index is 0.0477. The average Bonchev–Trinajstić information content (AvgIpc) is 2.28. The third-order valence-corrected chi connectivity index (χ3v) is 2.51. The predicted molar refractivity (Wildman–Crippen MR) is 63.4 cm³/mol. The van der Waals surface area contributed by atoms with Gasteiger partial charge in [-0.15, -0.1) is 0 Å². The SMILES string of the molecule is NCCCC(=O)Nc1cc(C(F)(F)F)ccc1Cl. The lowest BCUT2D eigenvalue weighted by molar-refractivity contribution is -0.137. The van der Waals surface area contributed by atoms with Crippen LogP contribution in [0.5, 0.6) is 0 Å². The quantitative estimate of drug-likeness (QED) is 0.891. The number of hydrogen-bond acceptors (Lipinski definition) is 2. The van der Waals surface area contributed by atoms with Crippen molar-refractivity contribution in [3.8, 4) is 0 Å². The molecule has 18 heavy (non-hydrogen) atoms. The summed E-state index contributed by atoms with van der Waals surface area (Å²) in [5.74, 6) is -0.415. The van der Waals surface area contributed by atoms with Gasteiger partial charge in [0.25, 0.3) is 0 Å². The third-order valence-electron chi connectivity index (χ3n) is 2.18. The Hall–Kier alpha value is -1.27. The normalized spacial score (nSPS) is 11.4. The van der Waals surface area contributed by atoms with Crippen LogP contribution in [0, 0.1) is 0 Å². The van der Waals surface area contributed by atoms with E-state index >= 15 is 0 Å². The van der Waals surface area contributed by atoms with Gasteiger partial charge in [-0.05, 0) is 31.2 Å². The molecule has 1 aromatic rings. The zero-order valence-electron chi connectivity index (χ0n) is 9.35. The van der Waals surface area contributed by atoms with E-state index in [1.165, 1.54) is 0 Å². The van der Waals surface area contributed by atoms with Crippen LogP contribution in [-0.4, -0.2) is 12.5 Å². The fourth-order valence-electron chi connectivity index (χ4n) is 1.27. The summed E-state index contributed by atoms with van der Waals surface area (Å²) in [6.07, 6.45) is -3.87. The van der Waals surface area contributed by atoms with E-state index in [9.17, 15) is 18.0 Å². The number of nitrogens with one attached hydrogen (secondary N) is 1. The van der Waals surface area contributed by atoms with Crippen molar-refractivity contribution in [1.29, 1.82) is 0 Å². The van der Waals surface area contributed by atoms with Gasteiger partial charge >= 0.3 is 6.18 Å². The van der Waals surface area contributed by atoms with Gasteiger partial charge in [-0.25, -0.2) is 0 Å². The van der Waals surface area contributed by atoms with Crippen molar-refractivity contribution in [3.63, 3.8) is 0 Å². The largest absolute Gasteiger partial charge is 0.416 e. The number of benzene rings is 1. The lowest BCUT2D eigenvalue weighted by Crippen LogP contribution is -2.14. The Bertz CT molecular complexity index is 435. The molecule has 1 rings (SSSR count). The Morgan fingerprint density at radius 2 is 2.06 bits per heavy atom. The van der Waals surface area contributed by atoms with E-state index in [0.29, 0.717) is 13.0 Å². The molecule has 3 nitrogen and oxygen atoms in total. The number of nitrogens with two attached hydrogens (primary N) is 1. The predicted octanol–water partition coefficient (Wildman–Crippen LogP) is 3.04. The Morgan fingerprint density at radius 3 is 2.61 bits per heavy atom. The fraction of sp³-hybridized carbons (Fsp3) is 0.364. The first-order valence-corrected chi connectivity index (χ1v) is 5.59. The molecule has 0 unspecified atom stereocenters. The molecule has 1 amide bonds. The van der Waals surface area contributed by atoms with Gasteiger partial charge in [-0.3, -0.25) is 4.79 Å². The summed E-state index contributed by atoms with van der Waals surface area (Å²) >= 11 is 5.72. The highest BCUT2D eigenvalue weighted by atomic mass is 35.5. The maximum atomic E-state index is 12.5. The van der Waals surface area contributed by atoms with Crippen LogP contribution in [-0.2, 0) is 11.0 Å². The molecule has 0 spiro atoms. The molecule has 0 saturated heterocycles. The van der Waals surface area contributed by atoms with Gasteiger partial charge in [0.1, 0.15) is 0 Å². The van der Waals surface area contributed by atoms with Crippen LogP contribution in [0.4, 0.5) is 18.9 Å². The Labute approximate surface area is 107 Å². The summed E-state index contributed by atoms with van der Waals surface area (Å²) < 4.78 is 37.4. The summed E-state index contributed by atoms with van der Waals surface area (Å²) in [4.78, 5) is 11.4. The highest BCUT2D eigenvalue weighted by molar-refractivity contribution is 6.33. The van der Waals surface area contributed by atoms with Gasteiger partial charge in [0.15, 0.2) is 0 Å². The molecule has 0 atom stereocenters. The van der Waals surface area contributed by atoms with Crippen LogP contribution in [0.1, 0.15) is 18.4 Å². The van der Waals surface area contributed by atoms with Gasteiger partial charge in [-0.2, -0.15) is 13.2 Å². The summed E-state index contributed by atoms with van der Waals surface area (Å²) in [6.45, 7) is 0.337. The molecular weight excluding hydrogens is 269 g/mol. The van der Waals surface area contributed by atoms with Crippen LogP contribution in [0.3, 0.4) is 0 Å². The van der Waals surface area contributed by atoms with E-state index in [0.717, 1.165) is 18.2 Å². The molecule has 0 radical (unpaired) electrons. The van der Waals surface area contributed by atoms with E-state index in [-0.39, 0.29) is 17.1 Å². The van der Waals surface area contributed by atoms with E-state index in [1.807, 2.05) is 0 Å². The third kappa shape index (κ3) is 4.19. The van der Waals surface area contributed by atoms with E-state index in [1.54, 1.807) is 0 Å². The second kappa shape index (κ2) is 6.06. The number of amides is 1. The van der Waals surface area contributed by atoms with Crippen molar-refractivity contribution >= 4 is 23.2 Å². The number of anilines is 1. The van der Waals surface area contributed by atoms with Crippen LogP contribution >= 0.6 is 11.6 Å². The molecule has 0 aliphatic carbocycles. The van der Waals surface area contributed by atoms with Crippen LogP contribution in [0.25, 0.3) is 0 Å². The maximum absolute atomic E-state index is 12.5. The summed E-state index contributed by atoms with van der Waals surface area (Å²) in [7, 11) is 0. The molecule has 0 fully saturated rings. The van der Waals surface area contributed by atoms with Gasteiger partial charge < -0.3 is 11.1 Å². The number of hydrogen-bond donors (Lipinski definition) is 2. The number of carbonyl (C=O) groups is 1. The molecule has 100 valence electrons. The topological polar surface area (TPSA) is 55.1 Å². The molecule has 0 saturated carbocycles. The van der Waals surface area contributed by atoms with Gasteiger partial charge in [-0.1, -0.05) is 11.6 Å². The molecule has 0 aromatic heterocycles. The fourth-order valence-corrected chi connectivity index (χ4v) is 1.44. The summed E-state index contributed by atoms with van der Waals surface area (Å²) in [5, 5.41) is 2.39. The van der Waals surface area contributed by atoms with Crippen molar-refractivity contribution in [3.05, 3.63) is 28.8 Å². The second-order valence-corrected chi connectivity index (χ2v) is 4.04. The first-order valence-electron chi connectivity index (χ1n) is 5.21. The van der Waals surface area contributed by atoms with Crippen molar-refractivity contribution < 1.29 is 18.0 Å². The number of carbonyl (C=O) groups excluding carboxylic acids is 1. The molecule has 0 heterocycles. The smallest absolute Gasteiger partial charge is 0.330 e. The lowest BCUT2D eigenvalue weighted by atomic mass is 10.2. The number of halogens is 4. The summed E-state index contributed by atoms with van der Waals surface area (Å²) in [6, 6.07) is 2.77. The molecule has 0 bridgehead atoms. The van der Waals surface area contributed by atoms with E-state index < -0.39 is 17.6 Å². The minimum Gasteiger partial charge on any atom is -0.330 e. The van der Waals surface area contributed by atoms with Crippen molar-refractivity contribution in [2.45, 2.75) is 19.0 Å². The molecule has 0 aliphatic rings. The first kappa shape index (κ1) is 14.8. The van der Waals surface area contributed by atoms with Gasteiger partial charge in [0.2, 0.25) is 5.91 Å².